The number of halogens is 1. The van der Waals surface area contributed by atoms with E-state index >= 15 is 0 Å². The lowest BCUT2D eigenvalue weighted by Gasteiger charge is -2.26. The lowest BCUT2D eigenvalue weighted by Crippen LogP contribution is -2.18. The van der Waals surface area contributed by atoms with Crippen molar-refractivity contribution in [3.05, 3.63) is 89.5 Å². The third-order valence-corrected chi connectivity index (χ3v) is 4.53. The zero-order valence-corrected chi connectivity index (χ0v) is 14.5. The van der Waals surface area contributed by atoms with E-state index in [0.29, 0.717) is 22.7 Å². The summed E-state index contributed by atoms with van der Waals surface area (Å²) in [5.74, 6) is 1.17. The summed E-state index contributed by atoms with van der Waals surface area (Å²) in [6.07, 6.45) is 0. The van der Waals surface area contributed by atoms with E-state index in [1.807, 2.05) is 30.3 Å². The van der Waals surface area contributed by atoms with Crippen molar-refractivity contribution in [2.75, 3.05) is 5.73 Å². The normalized spacial score (nSPS) is 11.3. The van der Waals surface area contributed by atoms with Gasteiger partial charge in [0, 0.05) is 16.7 Å². The molecule has 0 aromatic heterocycles. The number of nitrogen functional groups attached to an aromatic ring is 1. The van der Waals surface area contributed by atoms with Gasteiger partial charge >= 0.3 is 0 Å². The van der Waals surface area contributed by atoms with Gasteiger partial charge in [-0.3, -0.25) is 0 Å². The first-order chi connectivity index (χ1) is 12.0. The van der Waals surface area contributed by atoms with Crippen molar-refractivity contribution in [1.82, 2.24) is 0 Å². The van der Waals surface area contributed by atoms with Crippen molar-refractivity contribution in [3.8, 4) is 11.5 Å². The lowest BCUT2D eigenvalue weighted by atomic mass is 9.78. The van der Waals surface area contributed by atoms with Crippen LogP contribution in [0, 0.1) is 0 Å². The summed E-state index contributed by atoms with van der Waals surface area (Å²) < 4.78 is 19.0. The monoisotopic (exact) mass is 335 g/mol. The predicted molar refractivity (Wildman–Crippen MR) is 101 cm³/mol. The summed E-state index contributed by atoms with van der Waals surface area (Å²) in [5.41, 5.74) is 9.01. The Morgan fingerprint density at radius 2 is 1.52 bits per heavy atom. The zero-order valence-electron chi connectivity index (χ0n) is 14.5. The van der Waals surface area contributed by atoms with E-state index in [2.05, 4.69) is 38.1 Å². The summed E-state index contributed by atoms with van der Waals surface area (Å²) in [6, 6.07) is 23.3. The van der Waals surface area contributed by atoms with Gasteiger partial charge in [0.1, 0.15) is 18.2 Å². The Hall–Kier alpha value is -2.81. The number of ether oxygens (including phenoxy) is 1. The van der Waals surface area contributed by atoms with Crippen LogP contribution in [0.4, 0.5) is 10.1 Å². The van der Waals surface area contributed by atoms with Gasteiger partial charge < -0.3 is 10.5 Å². The van der Waals surface area contributed by atoms with Crippen molar-refractivity contribution in [2.24, 2.45) is 0 Å². The zero-order chi connectivity index (χ0) is 17.9. The number of alkyl halides is 1. The van der Waals surface area contributed by atoms with E-state index < -0.39 is 6.67 Å². The van der Waals surface area contributed by atoms with Crippen molar-refractivity contribution in [3.63, 3.8) is 0 Å². The van der Waals surface area contributed by atoms with Gasteiger partial charge in [-0.15, -0.1) is 0 Å². The highest BCUT2D eigenvalue weighted by Crippen LogP contribution is 2.33. The molecule has 0 aliphatic carbocycles. The maximum Gasteiger partial charge on any atom is 0.133 e. The molecule has 0 atom stereocenters. The molecular weight excluding hydrogens is 313 g/mol. The van der Waals surface area contributed by atoms with E-state index in [9.17, 15) is 4.39 Å². The Labute approximate surface area is 148 Å². The molecule has 0 amide bonds. The Kier molecular flexibility index (Phi) is 4.75. The molecule has 0 fully saturated rings. The average molecular weight is 335 g/mol. The smallest absolute Gasteiger partial charge is 0.133 e. The molecule has 3 rings (SSSR count). The maximum absolute atomic E-state index is 13.1. The summed E-state index contributed by atoms with van der Waals surface area (Å²) in [5, 5.41) is 0. The molecule has 3 aromatic rings. The van der Waals surface area contributed by atoms with Crippen LogP contribution in [-0.4, -0.2) is 0 Å². The molecule has 25 heavy (non-hydrogen) atoms. The first-order valence-electron chi connectivity index (χ1n) is 8.29. The van der Waals surface area contributed by atoms with Gasteiger partial charge in [-0.2, -0.15) is 0 Å². The van der Waals surface area contributed by atoms with E-state index in [4.69, 9.17) is 10.5 Å². The molecule has 0 spiro atoms. The van der Waals surface area contributed by atoms with Gasteiger partial charge in [-0.05, 0) is 41.5 Å². The molecule has 0 aliphatic heterocycles. The molecule has 3 heteroatoms. The molecule has 128 valence electrons. The van der Waals surface area contributed by atoms with Crippen molar-refractivity contribution < 1.29 is 9.13 Å². The van der Waals surface area contributed by atoms with Crippen LogP contribution in [0.25, 0.3) is 0 Å². The topological polar surface area (TPSA) is 35.2 Å². The number of benzene rings is 3. The first-order valence-corrected chi connectivity index (χ1v) is 8.29. The average Bonchev–Trinajstić information content (AvgIpc) is 2.64. The minimum Gasteiger partial charge on any atom is -0.457 e. The van der Waals surface area contributed by atoms with Gasteiger partial charge in [-0.1, -0.05) is 56.3 Å². The predicted octanol–water partition coefficient (Wildman–Crippen LogP) is 5.86. The Balaban J connectivity index is 1.83. The van der Waals surface area contributed by atoms with Crippen molar-refractivity contribution in [2.45, 2.75) is 25.9 Å². The highest BCUT2D eigenvalue weighted by atomic mass is 19.1. The van der Waals surface area contributed by atoms with Crippen LogP contribution in [0.2, 0.25) is 0 Å². The van der Waals surface area contributed by atoms with E-state index in [0.717, 1.165) is 0 Å². The minimum atomic E-state index is -0.612. The molecule has 0 bridgehead atoms. The van der Waals surface area contributed by atoms with Crippen LogP contribution in [-0.2, 0) is 12.1 Å². The van der Waals surface area contributed by atoms with Crippen LogP contribution < -0.4 is 10.5 Å². The molecule has 0 saturated heterocycles. The highest BCUT2D eigenvalue weighted by Gasteiger charge is 2.22. The number of rotatable bonds is 5. The standard InChI is InChI=1S/C22H22FNO/c1-22(2,17-6-4-3-5-7-17)18-8-11-20(12-9-18)25-21-13-10-19(24)14-16(21)15-23/h3-14H,15,24H2,1-2H3. The molecule has 3 aromatic carbocycles. The fraction of sp³-hybridized carbons (Fsp3) is 0.182. The second-order valence-corrected chi connectivity index (χ2v) is 6.62. The van der Waals surface area contributed by atoms with Gasteiger partial charge in [0.2, 0.25) is 0 Å². The molecule has 0 unspecified atom stereocenters. The Morgan fingerprint density at radius 1 is 0.880 bits per heavy atom. The van der Waals surface area contributed by atoms with Crippen molar-refractivity contribution >= 4 is 5.69 Å². The summed E-state index contributed by atoms with van der Waals surface area (Å²) in [6.45, 7) is 3.78. The maximum atomic E-state index is 13.1. The summed E-state index contributed by atoms with van der Waals surface area (Å²) >= 11 is 0. The van der Waals surface area contributed by atoms with Gasteiger partial charge in [0.15, 0.2) is 0 Å². The van der Waals surface area contributed by atoms with E-state index in [1.165, 1.54) is 11.1 Å². The number of nitrogens with two attached hydrogens (primary N) is 1. The molecule has 2 N–H and O–H groups in total. The highest BCUT2D eigenvalue weighted by molar-refractivity contribution is 5.49. The molecule has 2 nitrogen and oxygen atoms in total. The molecule has 0 aliphatic rings. The summed E-state index contributed by atoms with van der Waals surface area (Å²) in [4.78, 5) is 0. The minimum absolute atomic E-state index is 0.106. The first kappa shape index (κ1) is 17.0. The Bertz CT molecular complexity index is 842. The number of anilines is 1. The number of hydrogen-bond donors (Lipinski definition) is 1. The van der Waals surface area contributed by atoms with E-state index in [1.54, 1.807) is 18.2 Å². The fourth-order valence-electron chi connectivity index (χ4n) is 2.89. The Morgan fingerprint density at radius 3 is 2.16 bits per heavy atom. The molecule has 0 radical (unpaired) electrons. The summed E-state index contributed by atoms with van der Waals surface area (Å²) in [7, 11) is 0. The third kappa shape index (κ3) is 3.66. The third-order valence-electron chi connectivity index (χ3n) is 4.53. The van der Waals surface area contributed by atoms with Crippen LogP contribution >= 0.6 is 0 Å². The van der Waals surface area contributed by atoms with Gasteiger partial charge in [-0.25, -0.2) is 4.39 Å². The van der Waals surface area contributed by atoms with Crippen LogP contribution in [0.3, 0.4) is 0 Å². The molecule has 0 heterocycles. The second kappa shape index (κ2) is 6.98. The quantitative estimate of drug-likeness (QED) is 0.593. The van der Waals surface area contributed by atoms with Crippen LogP contribution in [0.15, 0.2) is 72.8 Å². The van der Waals surface area contributed by atoms with E-state index in [-0.39, 0.29) is 5.41 Å². The van der Waals surface area contributed by atoms with Crippen molar-refractivity contribution in [1.29, 1.82) is 0 Å². The van der Waals surface area contributed by atoms with Gasteiger partial charge in [0.25, 0.3) is 0 Å². The lowest BCUT2D eigenvalue weighted by molar-refractivity contribution is 0.439. The van der Waals surface area contributed by atoms with Crippen LogP contribution in [0.5, 0.6) is 11.5 Å². The molecular formula is C22H22FNO. The van der Waals surface area contributed by atoms with Crippen LogP contribution in [0.1, 0.15) is 30.5 Å². The second-order valence-electron chi connectivity index (χ2n) is 6.62. The van der Waals surface area contributed by atoms with Gasteiger partial charge in [0.05, 0.1) is 0 Å². The number of hydrogen-bond acceptors (Lipinski definition) is 2. The fourth-order valence-corrected chi connectivity index (χ4v) is 2.89. The largest absolute Gasteiger partial charge is 0.457 e. The molecule has 0 saturated carbocycles. The SMILES string of the molecule is CC(C)(c1ccccc1)c1ccc(Oc2ccc(N)cc2CF)cc1.